The lowest BCUT2D eigenvalue weighted by Crippen LogP contribution is -1.90. The number of rotatable bonds is 3. The van der Waals surface area contributed by atoms with Crippen molar-refractivity contribution in [3.63, 3.8) is 0 Å². The van der Waals surface area contributed by atoms with Crippen LogP contribution in [0.5, 0.6) is 0 Å². The van der Waals surface area contributed by atoms with Crippen LogP contribution in [-0.4, -0.2) is 9.97 Å². The lowest BCUT2D eigenvalue weighted by atomic mass is 10.2. The second-order valence-corrected chi connectivity index (χ2v) is 4.79. The van der Waals surface area contributed by atoms with Gasteiger partial charge in [0.05, 0.1) is 0 Å². The summed E-state index contributed by atoms with van der Waals surface area (Å²) >= 11 is 1.46. The third kappa shape index (κ3) is 2.44. The van der Waals surface area contributed by atoms with Crippen molar-refractivity contribution in [2.75, 3.05) is 0 Å². The van der Waals surface area contributed by atoms with E-state index in [0.717, 1.165) is 16.7 Å². The van der Waals surface area contributed by atoms with E-state index in [2.05, 4.69) is 16.0 Å². The molecular formula is C14H9N3OS. The van der Waals surface area contributed by atoms with Gasteiger partial charge in [-0.15, -0.1) is 0 Å². The lowest BCUT2D eigenvalue weighted by molar-refractivity contribution is 0.489. The van der Waals surface area contributed by atoms with Crippen LogP contribution in [0.4, 0.5) is 0 Å². The van der Waals surface area contributed by atoms with E-state index in [-0.39, 0.29) is 0 Å². The van der Waals surface area contributed by atoms with Gasteiger partial charge in [-0.2, -0.15) is 5.26 Å². The van der Waals surface area contributed by atoms with Crippen LogP contribution in [0.25, 0.3) is 11.1 Å². The molecule has 0 unspecified atom stereocenters. The minimum atomic E-state index is 0.450. The molecule has 4 nitrogen and oxygen atoms in total. The van der Waals surface area contributed by atoms with Gasteiger partial charge in [0.2, 0.25) is 0 Å². The molecule has 19 heavy (non-hydrogen) atoms. The van der Waals surface area contributed by atoms with Crippen molar-refractivity contribution in [2.45, 2.75) is 11.0 Å². The molecule has 0 saturated carbocycles. The van der Waals surface area contributed by atoms with Crippen molar-refractivity contribution in [3.05, 3.63) is 53.9 Å². The Labute approximate surface area is 114 Å². The summed E-state index contributed by atoms with van der Waals surface area (Å²) in [6.07, 6.45) is 1.62. The monoisotopic (exact) mass is 267 g/mol. The predicted molar refractivity (Wildman–Crippen MR) is 72.5 cm³/mol. The Balaban J connectivity index is 1.81. The van der Waals surface area contributed by atoms with Crippen LogP contribution in [-0.2, 0) is 5.75 Å². The van der Waals surface area contributed by atoms with Crippen molar-refractivity contribution in [3.8, 4) is 6.07 Å². The van der Waals surface area contributed by atoms with Crippen LogP contribution in [0.3, 0.4) is 0 Å². The molecule has 3 aromatic rings. The Morgan fingerprint density at radius 1 is 1.21 bits per heavy atom. The number of pyridine rings is 1. The Bertz CT molecular complexity index is 727. The second-order valence-electron chi connectivity index (χ2n) is 3.86. The molecule has 0 aliphatic heterocycles. The molecule has 0 saturated heterocycles. The molecule has 3 rings (SSSR count). The van der Waals surface area contributed by atoms with Gasteiger partial charge in [-0.25, -0.2) is 9.97 Å². The van der Waals surface area contributed by atoms with Crippen molar-refractivity contribution in [1.82, 2.24) is 9.97 Å². The molecule has 92 valence electrons. The first kappa shape index (κ1) is 11.8. The third-order valence-corrected chi connectivity index (χ3v) is 3.50. The normalized spacial score (nSPS) is 10.5. The number of hydrogen-bond acceptors (Lipinski definition) is 5. The number of nitriles is 1. The summed E-state index contributed by atoms with van der Waals surface area (Å²) in [5, 5.41) is 9.57. The van der Waals surface area contributed by atoms with Crippen LogP contribution < -0.4 is 0 Å². The molecule has 0 spiro atoms. The largest absolute Gasteiger partial charge is 0.431 e. The van der Waals surface area contributed by atoms with Gasteiger partial charge >= 0.3 is 0 Å². The van der Waals surface area contributed by atoms with Gasteiger partial charge < -0.3 is 4.42 Å². The minimum Gasteiger partial charge on any atom is -0.431 e. The summed E-state index contributed by atoms with van der Waals surface area (Å²) in [5.41, 5.74) is 2.96. The van der Waals surface area contributed by atoms with E-state index in [0.29, 0.717) is 16.7 Å². The lowest BCUT2D eigenvalue weighted by Gasteiger charge is -1.99. The topological polar surface area (TPSA) is 62.7 Å². The number of oxazole rings is 1. The number of benzene rings is 1. The first-order valence-electron chi connectivity index (χ1n) is 5.69. The van der Waals surface area contributed by atoms with E-state index in [1.165, 1.54) is 11.8 Å². The van der Waals surface area contributed by atoms with E-state index in [1.807, 2.05) is 36.4 Å². The number of fused-ring (bicyclic) bond motifs is 1. The van der Waals surface area contributed by atoms with Crippen LogP contribution in [0.15, 0.2) is 52.2 Å². The van der Waals surface area contributed by atoms with Gasteiger partial charge in [0.25, 0.3) is 5.22 Å². The molecule has 0 N–H and O–H groups in total. The fourth-order valence-corrected chi connectivity index (χ4v) is 2.53. The van der Waals surface area contributed by atoms with Crippen molar-refractivity contribution < 1.29 is 4.42 Å². The maximum atomic E-state index is 8.97. The van der Waals surface area contributed by atoms with Gasteiger partial charge in [-0.1, -0.05) is 30.0 Å². The fourth-order valence-electron chi connectivity index (χ4n) is 1.71. The van der Waals surface area contributed by atoms with Gasteiger partial charge in [0, 0.05) is 11.9 Å². The molecule has 2 aromatic heterocycles. The predicted octanol–water partition coefficient (Wildman–Crippen LogP) is 3.39. The highest BCUT2D eigenvalue weighted by molar-refractivity contribution is 7.98. The first-order chi connectivity index (χ1) is 9.36. The molecule has 0 amide bonds. The molecule has 0 bridgehead atoms. The van der Waals surface area contributed by atoms with Crippen LogP contribution in [0, 0.1) is 11.3 Å². The zero-order valence-electron chi connectivity index (χ0n) is 9.91. The number of aromatic nitrogens is 2. The van der Waals surface area contributed by atoms with Gasteiger partial charge in [-0.3, -0.25) is 0 Å². The summed E-state index contributed by atoms with van der Waals surface area (Å²) in [6.45, 7) is 0. The zero-order chi connectivity index (χ0) is 13.1. The summed E-state index contributed by atoms with van der Waals surface area (Å²) in [5.74, 6) is 0.615. The zero-order valence-corrected chi connectivity index (χ0v) is 10.7. The molecule has 0 aliphatic carbocycles. The average Bonchev–Trinajstić information content (AvgIpc) is 2.88. The number of para-hydroxylation sites is 2. The van der Waals surface area contributed by atoms with Crippen LogP contribution in [0.2, 0.25) is 0 Å². The van der Waals surface area contributed by atoms with Gasteiger partial charge in [0.1, 0.15) is 17.3 Å². The van der Waals surface area contributed by atoms with Gasteiger partial charge in [0.15, 0.2) is 5.58 Å². The molecule has 2 heterocycles. The molecule has 0 radical (unpaired) electrons. The maximum absolute atomic E-state index is 8.97. The molecule has 0 aliphatic rings. The van der Waals surface area contributed by atoms with E-state index in [1.54, 1.807) is 6.20 Å². The number of nitrogens with zero attached hydrogens (tertiary/aromatic N) is 3. The highest BCUT2D eigenvalue weighted by Gasteiger charge is 2.08. The molecule has 0 fully saturated rings. The first-order valence-corrected chi connectivity index (χ1v) is 6.68. The Morgan fingerprint density at radius 3 is 2.95 bits per heavy atom. The molecular weight excluding hydrogens is 258 g/mol. The fraction of sp³-hybridized carbons (Fsp3) is 0.0714. The third-order valence-electron chi connectivity index (χ3n) is 2.62. The van der Waals surface area contributed by atoms with Crippen molar-refractivity contribution in [2.24, 2.45) is 0 Å². The van der Waals surface area contributed by atoms with Crippen LogP contribution in [0.1, 0.15) is 11.3 Å². The SMILES string of the molecule is N#Cc1ncccc1CSc1nc2ccccc2o1. The van der Waals surface area contributed by atoms with E-state index < -0.39 is 0 Å². The Morgan fingerprint density at radius 2 is 2.11 bits per heavy atom. The standard InChI is InChI=1S/C14H9N3OS/c15-8-12-10(4-3-7-16-12)9-19-14-17-11-5-1-2-6-13(11)18-14/h1-7H,9H2. The van der Waals surface area contributed by atoms with Gasteiger partial charge in [-0.05, 0) is 23.8 Å². The Hall–Kier alpha value is -2.32. The van der Waals surface area contributed by atoms with E-state index in [9.17, 15) is 0 Å². The molecule has 1 aromatic carbocycles. The van der Waals surface area contributed by atoms with Crippen molar-refractivity contribution >= 4 is 22.9 Å². The summed E-state index contributed by atoms with van der Waals surface area (Å²) in [7, 11) is 0. The maximum Gasteiger partial charge on any atom is 0.257 e. The highest BCUT2D eigenvalue weighted by atomic mass is 32.2. The molecule has 0 atom stereocenters. The smallest absolute Gasteiger partial charge is 0.257 e. The minimum absolute atomic E-state index is 0.450. The van der Waals surface area contributed by atoms with Crippen LogP contribution >= 0.6 is 11.8 Å². The van der Waals surface area contributed by atoms with E-state index in [4.69, 9.17) is 9.68 Å². The summed E-state index contributed by atoms with van der Waals surface area (Å²) in [4.78, 5) is 8.40. The second kappa shape index (κ2) is 5.12. The van der Waals surface area contributed by atoms with E-state index >= 15 is 0 Å². The summed E-state index contributed by atoms with van der Waals surface area (Å²) < 4.78 is 5.61. The van der Waals surface area contributed by atoms with Crippen molar-refractivity contribution in [1.29, 1.82) is 5.26 Å². The summed E-state index contributed by atoms with van der Waals surface area (Å²) in [6, 6.07) is 13.4. The highest BCUT2D eigenvalue weighted by Crippen LogP contribution is 2.26. The molecule has 5 heteroatoms. The Kier molecular flexibility index (Phi) is 3.17. The number of thioether (sulfide) groups is 1. The number of hydrogen-bond donors (Lipinski definition) is 0. The average molecular weight is 267 g/mol. The quantitative estimate of drug-likeness (QED) is 0.681.